The van der Waals surface area contributed by atoms with Crippen LogP contribution in [0.5, 0.6) is 0 Å². The molecule has 0 bridgehead atoms. The van der Waals surface area contributed by atoms with Gasteiger partial charge in [-0.1, -0.05) is 350 Å². The van der Waals surface area contributed by atoms with Crippen LogP contribution >= 0.6 is 15.6 Å². The second kappa shape index (κ2) is 68.8. The molecule has 0 heterocycles. The van der Waals surface area contributed by atoms with E-state index in [1.807, 2.05) is 0 Å². The fourth-order valence-corrected chi connectivity index (χ4v) is 13.4. The molecule has 3 N–H and O–H groups in total. The molecule has 0 radical (unpaired) electrons. The number of phosphoric acid groups is 2. The number of hydrogen-bond donors (Lipinski definition) is 3. The maximum absolute atomic E-state index is 13.1. The molecule has 6 atom stereocenters. The molecule has 570 valence electrons. The maximum Gasteiger partial charge on any atom is 0.472 e. The van der Waals surface area contributed by atoms with Crippen LogP contribution in [0.15, 0.2) is 0 Å². The SMILES string of the molecule is CCCCCCCCCCCCCCCCCCCCCC(=O)O[C@H](COC(=O)CCCCCCCCCCCCCCCCC)COP(=O)(O)OC[C@@H](O)COP(=O)(O)OC[C@@H](COC(=O)CCCCCCCCCC(C)C)OC(=O)CCCCCCCCCCC(C)CC. The Labute approximate surface area is 588 Å². The number of carbonyl (C=O) groups is 4. The predicted octanol–water partition coefficient (Wildman–Crippen LogP) is 22.7. The summed E-state index contributed by atoms with van der Waals surface area (Å²) in [6.07, 6.45) is 56.9. The van der Waals surface area contributed by atoms with E-state index in [1.54, 1.807) is 0 Å². The Hall–Kier alpha value is -1.94. The van der Waals surface area contributed by atoms with Crippen molar-refractivity contribution in [1.82, 2.24) is 0 Å². The molecule has 0 aromatic heterocycles. The second-order valence-corrected chi connectivity index (χ2v) is 31.4. The summed E-state index contributed by atoms with van der Waals surface area (Å²) in [4.78, 5) is 72.8. The molecule has 0 saturated carbocycles. The molecule has 0 aliphatic heterocycles. The first-order valence-corrected chi connectivity index (χ1v) is 43.0. The van der Waals surface area contributed by atoms with Gasteiger partial charge in [-0.2, -0.15) is 0 Å². The van der Waals surface area contributed by atoms with E-state index >= 15 is 0 Å². The number of aliphatic hydroxyl groups is 1. The number of unbranched alkanes of at least 4 members (excludes halogenated alkanes) is 45. The van der Waals surface area contributed by atoms with Gasteiger partial charge in [0.2, 0.25) is 0 Å². The molecule has 19 heteroatoms. The maximum atomic E-state index is 13.1. The minimum absolute atomic E-state index is 0.104. The van der Waals surface area contributed by atoms with Gasteiger partial charge in [0.1, 0.15) is 19.3 Å². The molecule has 0 aliphatic rings. The molecule has 17 nitrogen and oxygen atoms in total. The summed E-state index contributed by atoms with van der Waals surface area (Å²) in [6, 6.07) is 0. The average Bonchev–Trinajstić information content (AvgIpc) is 1.20. The van der Waals surface area contributed by atoms with Crippen LogP contribution in [0.25, 0.3) is 0 Å². The van der Waals surface area contributed by atoms with Crippen LogP contribution in [0.1, 0.15) is 401 Å². The van der Waals surface area contributed by atoms with Gasteiger partial charge in [0, 0.05) is 25.7 Å². The fourth-order valence-electron chi connectivity index (χ4n) is 11.8. The monoisotopic (exact) mass is 1410 g/mol. The van der Waals surface area contributed by atoms with Crippen LogP contribution in [0.2, 0.25) is 0 Å². The zero-order valence-electron chi connectivity index (χ0n) is 62.7. The Balaban J connectivity index is 5.23. The smallest absolute Gasteiger partial charge is 0.462 e. The number of carbonyl (C=O) groups excluding carboxylic acids is 4. The van der Waals surface area contributed by atoms with Crippen molar-refractivity contribution in [1.29, 1.82) is 0 Å². The lowest BCUT2D eigenvalue weighted by atomic mass is 9.99. The Kier molecular flexibility index (Phi) is 67.4. The van der Waals surface area contributed by atoms with Gasteiger partial charge >= 0.3 is 39.5 Å². The minimum atomic E-state index is -4.96. The highest BCUT2D eigenvalue weighted by Crippen LogP contribution is 2.45. The summed E-state index contributed by atoms with van der Waals surface area (Å²) in [7, 11) is -9.91. The van der Waals surface area contributed by atoms with Crippen molar-refractivity contribution < 1.29 is 80.2 Å². The highest BCUT2D eigenvalue weighted by Gasteiger charge is 2.30. The van der Waals surface area contributed by atoms with Gasteiger partial charge in [-0.25, -0.2) is 9.13 Å². The molecule has 0 spiro atoms. The third kappa shape index (κ3) is 69.2. The Morgan fingerprint density at radius 2 is 0.531 bits per heavy atom. The van der Waals surface area contributed by atoms with Crippen LogP contribution in [-0.2, 0) is 65.4 Å². The Morgan fingerprint density at radius 1 is 0.302 bits per heavy atom. The summed E-state index contributed by atoms with van der Waals surface area (Å²) in [5.74, 6) is -0.642. The first-order valence-electron chi connectivity index (χ1n) is 40.0. The zero-order valence-corrected chi connectivity index (χ0v) is 64.5. The molecule has 96 heavy (non-hydrogen) atoms. The van der Waals surface area contributed by atoms with E-state index in [9.17, 15) is 43.2 Å². The van der Waals surface area contributed by atoms with E-state index < -0.39 is 97.5 Å². The molecule has 0 rings (SSSR count). The largest absolute Gasteiger partial charge is 0.472 e. The van der Waals surface area contributed by atoms with Crippen molar-refractivity contribution in [2.45, 2.75) is 419 Å². The zero-order chi connectivity index (χ0) is 70.7. The van der Waals surface area contributed by atoms with E-state index in [0.717, 1.165) is 102 Å². The van der Waals surface area contributed by atoms with Crippen LogP contribution in [0.4, 0.5) is 0 Å². The lowest BCUT2D eigenvalue weighted by Gasteiger charge is -2.21. The van der Waals surface area contributed by atoms with Gasteiger partial charge in [0.15, 0.2) is 12.2 Å². The highest BCUT2D eigenvalue weighted by atomic mass is 31.2. The summed E-state index contributed by atoms with van der Waals surface area (Å²) >= 11 is 0. The number of esters is 4. The summed E-state index contributed by atoms with van der Waals surface area (Å²) in [5, 5.41) is 10.6. The molecule has 0 saturated heterocycles. The quantitative estimate of drug-likeness (QED) is 0.0222. The highest BCUT2D eigenvalue weighted by molar-refractivity contribution is 7.47. The van der Waals surface area contributed by atoms with E-state index in [1.165, 1.54) is 212 Å². The lowest BCUT2D eigenvalue weighted by Crippen LogP contribution is -2.30. The van der Waals surface area contributed by atoms with E-state index in [0.29, 0.717) is 31.6 Å². The van der Waals surface area contributed by atoms with Gasteiger partial charge in [-0.15, -0.1) is 0 Å². The normalized spacial score (nSPS) is 14.3. The van der Waals surface area contributed by atoms with Crippen molar-refractivity contribution >= 4 is 39.5 Å². The van der Waals surface area contributed by atoms with Gasteiger partial charge in [0.05, 0.1) is 26.4 Å². The topological polar surface area (TPSA) is 237 Å². The standard InChI is InChI=1S/C77H150O17P2/c1-7-10-12-14-16-18-20-22-24-25-26-27-29-31-33-35-42-49-55-61-76(81)93-72(65-87-74(79)59-53-47-41-34-32-30-28-23-21-19-17-15-13-11-8-2)67-91-95(83,84)89-63-71(78)64-90-96(85,86)92-68-73(66-88-75(80)60-54-48-44-38-39-45-51-57-69(4)5)94-77(82)62-56-50-43-37-36-40-46-52-58-70(6)9-3/h69-73,78H,7-68H2,1-6H3,(H,83,84)(H,85,86)/t70?,71-,72-,73-/m1/s1. The number of ether oxygens (including phenoxy) is 4. The molecule has 0 aliphatic carbocycles. The van der Waals surface area contributed by atoms with E-state index in [-0.39, 0.29) is 25.7 Å². The van der Waals surface area contributed by atoms with Crippen molar-refractivity contribution in [3.05, 3.63) is 0 Å². The number of aliphatic hydroxyl groups excluding tert-OH is 1. The summed E-state index contributed by atoms with van der Waals surface area (Å²) in [5.41, 5.74) is 0. The predicted molar refractivity (Wildman–Crippen MR) is 391 cm³/mol. The number of phosphoric ester groups is 2. The van der Waals surface area contributed by atoms with Crippen molar-refractivity contribution in [3.63, 3.8) is 0 Å². The van der Waals surface area contributed by atoms with E-state index in [2.05, 4.69) is 41.5 Å². The molecule has 0 fully saturated rings. The van der Waals surface area contributed by atoms with Crippen molar-refractivity contribution in [2.75, 3.05) is 39.6 Å². The Bertz CT molecular complexity index is 1860. The third-order valence-corrected chi connectivity index (χ3v) is 20.2. The lowest BCUT2D eigenvalue weighted by molar-refractivity contribution is -0.161. The molecular formula is C77H150O17P2. The minimum Gasteiger partial charge on any atom is -0.462 e. The number of hydrogen-bond acceptors (Lipinski definition) is 15. The molecular weight excluding hydrogens is 1260 g/mol. The van der Waals surface area contributed by atoms with Crippen LogP contribution in [0, 0.1) is 11.8 Å². The third-order valence-electron chi connectivity index (χ3n) is 18.3. The first kappa shape index (κ1) is 94.1. The van der Waals surface area contributed by atoms with Crippen molar-refractivity contribution in [3.8, 4) is 0 Å². The average molecular weight is 1410 g/mol. The van der Waals surface area contributed by atoms with Gasteiger partial charge in [-0.05, 0) is 37.5 Å². The van der Waals surface area contributed by atoms with Crippen LogP contribution < -0.4 is 0 Å². The van der Waals surface area contributed by atoms with Crippen molar-refractivity contribution in [2.24, 2.45) is 11.8 Å². The molecule has 0 aromatic rings. The Morgan fingerprint density at radius 3 is 0.792 bits per heavy atom. The summed E-state index contributed by atoms with van der Waals surface area (Å²) in [6.45, 7) is 9.55. The van der Waals surface area contributed by atoms with Gasteiger partial charge in [-0.3, -0.25) is 37.3 Å². The van der Waals surface area contributed by atoms with Gasteiger partial charge < -0.3 is 33.8 Å². The molecule has 0 amide bonds. The van der Waals surface area contributed by atoms with Crippen LogP contribution in [-0.4, -0.2) is 96.7 Å². The fraction of sp³-hybridized carbons (Fsp3) is 0.948. The molecule has 0 aromatic carbocycles. The van der Waals surface area contributed by atoms with E-state index in [4.69, 9.17) is 37.0 Å². The van der Waals surface area contributed by atoms with Crippen LogP contribution in [0.3, 0.4) is 0 Å². The second-order valence-electron chi connectivity index (χ2n) is 28.5. The first-order chi connectivity index (χ1) is 46.4. The summed E-state index contributed by atoms with van der Waals surface area (Å²) < 4.78 is 68.6. The number of rotatable bonds is 76. The van der Waals surface area contributed by atoms with Gasteiger partial charge in [0.25, 0.3) is 0 Å². The molecule has 3 unspecified atom stereocenters.